The van der Waals surface area contributed by atoms with E-state index in [2.05, 4.69) is 31.5 Å². The number of aryl methyl sites for hydroxylation is 1. The van der Waals surface area contributed by atoms with E-state index < -0.39 is 0 Å². The molecule has 2 aromatic rings. The second kappa shape index (κ2) is 5.34. The van der Waals surface area contributed by atoms with Crippen molar-refractivity contribution in [2.45, 2.75) is 20.4 Å². The molecule has 6 nitrogen and oxygen atoms in total. The van der Waals surface area contributed by atoms with E-state index in [9.17, 15) is 4.79 Å². The number of halogens is 1. The van der Waals surface area contributed by atoms with Crippen molar-refractivity contribution >= 4 is 27.7 Å². The molecule has 2 aromatic heterocycles. The maximum absolute atomic E-state index is 11.9. The fourth-order valence-electron chi connectivity index (χ4n) is 1.48. The summed E-state index contributed by atoms with van der Waals surface area (Å²) in [5.41, 5.74) is 0. The van der Waals surface area contributed by atoms with Crippen molar-refractivity contribution in [3.63, 3.8) is 0 Å². The molecule has 0 aliphatic heterocycles. The molecular formula is C11H13BrN4O2. The lowest BCUT2D eigenvalue weighted by Crippen LogP contribution is -2.24. The molecule has 7 heteroatoms. The standard InChI is InChI=1S/C11H13BrN4O2/c1-7(5-16-6-9(12)4-13-16)11(17)14-10-3-8(2)18-15-10/h3-4,6-7H,5H2,1-2H3,(H,14,15,17). The zero-order valence-corrected chi connectivity index (χ0v) is 11.6. The van der Waals surface area contributed by atoms with Gasteiger partial charge in [-0.3, -0.25) is 9.48 Å². The first kappa shape index (κ1) is 12.8. The molecule has 0 bridgehead atoms. The summed E-state index contributed by atoms with van der Waals surface area (Å²) >= 11 is 3.31. The molecule has 0 aliphatic carbocycles. The first-order valence-corrected chi connectivity index (χ1v) is 6.26. The molecule has 1 amide bonds. The van der Waals surface area contributed by atoms with E-state index in [4.69, 9.17) is 4.52 Å². The van der Waals surface area contributed by atoms with Crippen molar-refractivity contribution in [3.05, 3.63) is 28.7 Å². The van der Waals surface area contributed by atoms with Crippen LogP contribution in [0.1, 0.15) is 12.7 Å². The van der Waals surface area contributed by atoms with Gasteiger partial charge in [0.2, 0.25) is 5.91 Å². The van der Waals surface area contributed by atoms with Crippen LogP contribution < -0.4 is 5.32 Å². The molecule has 2 heterocycles. The molecule has 0 fully saturated rings. The Labute approximate surface area is 112 Å². The molecule has 0 aromatic carbocycles. The largest absolute Gasteiger partial charge is 0.360 e. The van der Waals surface area contributed by atoms with Crippen LogP contribution in [0.15, 0.2) is 27.5 Å². The van der Waals surface area contributed by atoms with Gasteiger partial charge in [0, 0.05) is 12.3 Å². The van der Waals surface area contributed by atoms with E-state index in [0.29, 0.717) is 18.1 Å². The first-order chi connectivity index (χ1) is 8.54. The van der Waals surface area contributed by atoms with Crippen LogP contribution >= 0.6 is 15.9 Å². The van der Waals surface area contributed by atoms with Crippen molar-refractivity contribution in [1.82, 2.24) is 14.9 Å². The maximum Gasteiger partial charge on any atom is 0.230 e. The van der Waals surface area contributed by atoms with Crippen molar-refractivity contribution in [2.75, 3.05) is 5.32 Å². The third-order valence-corrected chi connectivity index (χ3v) is 2.80. The number of hydrogen-bond acceptors (Lipinski definition) is 4. The lowest BCUT2D eigenvalue weighted by atomic mass is 10.1. The number of nitrogens with zero attached hydrogens (tertiary/aromatic N) is 3. The van der Waals surface area contributed by atoms with Gasteiger partial charge in [-0.15, -0.1) is 0 Å². The van der Waals surface area contributed by atoms with Gasteiger partial charge in [0.1, 0.15) is 5.76 Å². The van der Waals surface area contributed by atoms with Crippen molar-refractivity contribution < 1.29 is 9.32 Å². The van der Waals surface area contributed by atoms with Gasteiger partial charge in [-0.2, -0.15) is 5.10 Å². The Morgan fingerprint density at radius 2 is 2.44 bits per heavy atom. The predicted octanol–water partition coefficient (Wildman–Crippen LogP) is 2.22. The second-order valence-corrected chi connectivity index (χ2v) is 5.01. The molecule has 0 radical (unpaired) electrons. The minimum absolute atomic E-state index is 0.116. The minimum Gasteiger partial charge on any atom is -0.360 e. The lowest BCUT2D eigenvalue weighted by Gasteiger charge is -2.10. The Kier molecular flexibility index (Phi) is 3.81. The Hall–Kier alpha value is -1.63. The van der Waals surface area contributed by atoms with E-state index in [0.717, 1.165) is 4.47 Å². The number of amides is 1. The molecule has 1 atom stereocenters. The summed E-state index contributed by atoms with van der Waals surface area (Å²) in [5.74, 6) is 0.767. The monoisotopic (exact) mass is 312 g/mol. The number of carbonyl (C=O) groups excluding carboxylic acids is 1. The van der Waals surface area contributed by atoms with E-state index in [1.54, 1.807) is 23.9 Å². The highest BCUT2D eigenvalue weighted by atomic mass is 79.9. The summed E-state index contributed by atoms with van der Waals surface area (Å²) in [6.45, 7) is 4.11. The molecule has 0 saturated carbocycles. The van der Waals surface area contributed by atoms with Gasteiger partial charge in [0.15, 0.2) is 5.82 Å². The van der Waals surface area contributed by atoms with Gasteiger partial charge in [0.05, 0.1) is 23.1 Å². The molecule has 2 rings (SSSR count). The SMILES string of the molecule is Cc1cc(NC(=O)C(C)Cn2cc(Br)cn2)no1. The average molecular weight is 313 g/mol. The Morgan fingerprint density at radius 3 is 3.00 bits per heavy atom. The van der Waals surface area contributed by atoms with Gasteiger partial charge >= 0.3 is 0 Å². The molecule has 0 spiro atoms. The zero-order chi connectivity index (χ0) is 13.1. The molecule has 1 N–H and O–H groups in total. The molecule has 0 saturated heterocycles. The van der Waals surface area contributed by atoms with Crippen molar-refractivity contribution in [1.29, 1.82) is 0 Å². The third-order valence-electron chi connectivity index (χ3n) is 2.39. The van der Waals surface area contributed by atoms with E-state index in [1.807, 2.05) is 13.1 Å². The normalized spacial score (nSPS) is 12.4. The summed E-state index contributed by atoms with van der Waals surface area (Å²) in [7, 11) is 0. The van der Waals surface area contributed by atoms with Gasteiger partial charge in [0.25, 0.3) is 0 Å². The number of anilines is 1. The first-order valence-electron chi connectivity index (χ1n) is 5.47. The summed E-state index contributed by atoms with van der Waals surface area (Å²) in [6, 6.07) is 1.68. The molecule has 96 valence electrons. The van der Waals surface area contributed by atoms with Crippen LogP contribution in [0, 0.1) is 12.8 Å². The molecule has 1 unspecified atom stereocenters. The molecule has 0 aliphatic rings. The number of nitrogens with one attached hydrogen (secondary N) is 1. The third kappa shape index (κ3) is 3.19. The van der Waals surface area contributed by atoms with Crippen LogP contribution in [0.5, 0.6) is 0 Å². The van der Waals surface area contributed by atoms with E-state index in [1.165, 1.54) is 0 Å². The van der Waals surface area contributed by atoms with Gasteiger partial charge in [-0.1, -0.05) is 12.1 Å². The summed E-state index contributed by atoms with van der Waals surface area (Å²) < 4.78 is 7.48. The lowest BCUT2D eigenvalue weighted by molar-refractivity contribution is -0.119. The highest BCUT2D eigenvalue weighted by Crippen LogP contribution is 2.11. The van der Waals surface area contributed by atoms with Gasteiger partial charge in [-0.05, 0) is 22.9 Å². The van der Waals surface area contributed by atoms with Crippen LogP contribution in [0.2, 0.25) is 0 Å². The Balaban J connectivity index is 1.92. The van der Waals surface area contributed by atoms with E-state index in [-0.39, 0.29) is 11.8 Å². The number of carbonyl (C=O) groups is 1. The van der Waals surface area contributed by atoms with Crippen molar-refractivity contribution in [2.24, 2.45) is 5.92 Å². The quantitative estimate of drug-likeness (QED) is 0.939. The van der Waals surface area contributed by atoms with E-state index >= 15 is 0 Å². The van der Waals surface area contributed by atoms with Crippen LogP contribution in [-0.2, 0) is 11.3 Å². The topological polar surface area (TPSA) is 73.0 Å². The fourth-order valence-corrected chi connectivity index (χ4v) is 1.80. The number of aromatic nitrogens is 3. The van der Waals surface area contributed by atoms with Gasteiger partial charge < -0.3 is 9.84 Å². The molecule has 18 heavy (non-hydrogen) atoms. The average Bonchev–Trinajstić information content (AvgIpc) is 2.88. The van der Waals surface area contributed by atoms with Crippen LogP contribution in [0.4, 0.5) is 5.82 Å². The summed E-state index contributed by atoms with van der Waals surface area (Å²) in [5, 5.41) is 10.5. The maximum atomic E-state index is 11.9. The Bertz CT molecular complexity index is 549. The fraction of sp³-hybridized carbons (Fsp3) is 0.364. The predicted molar refractivity (Wildman–Crippen MR) is 69.0 cm³/mol. The number of hydrogen-bond donors (Lipinski definition) is 1. The van der Waals surface area contributed by atoms with Crippen LogP contribution in [0.25, 0.3) is 0 Å². The summed E-state index contributed by atoms with van der Waals surface area (Å²) in [6.07, 6.45) is 3.51. The van der Waals surface area contributed by atoms with Crippen LogP contribution in [0.3, 0.4) is 0 Å². The van der Waals surface area contributed by atoms with Crippen LogP contribution in [-0.4, -0.2) is 20.8 Å². The highest BCUT2D eigenvalue weighted by Gasteiger charge is 2.15. The Morgan fingerprint density at radius 1 is 1.67 bits per heavy atom. The van der Waals surface area contributed by atoms with Gasteiger partial charge in [-0.25, -0.2) is 0 Å². The highest BCUT2D eigenvalue weighted by molar-refractivity contribution is 9.10. The van der Waals surface area contributed by atoms with Crippen molar-refractivity contribution in [3.8, 4) is 0 Å². The second-order valence-electron chi connectivity index (χ2n) is 4.09. The number of rotatable bonds is 4. The zero-order valence-electron chi connectivity index (χ0n) is 10.1. The summed E-state index contributed by atoms with van der Waals surface area (Å²) in [4.78, 5) is 11.9. The molecular weight excluding hydrogens is 300 g/mol. The minimum atomic E-state index is -0.214. The smallest absolute Gasteiger partial charge is 0.230 e.